The fourth-order valence-electron chi connectivity index (χ4n) is 6.81. The van der Waals surface area contributed by atoms with Gasteiger partial charge in [0.05, 0.1) is 0 Å². The first-order valence-electron chi connectivity index (χ1n) is 11.0. The molecule has 0 N–H and O–H groups in total. The second-order valence-electron chi connectivity index (χ2n) is 9.68. The Morgan fingerprint density at radius 2 is 1.81 bits per heavy atom. The van der Waals surface area contributed by atoms with Gasteiger partial charge in [0.1, 0.15) is 5.78 Å². The zero-order valence-electron chi connectivity index (χ0n) is 16.1. The highest BCUT2D eigenvalue weighted by molar-refractivity contribution is 5.91. The van der Waals surface area contributed by atoms with Crippen LogP contribution in [0.2, 0.25) is 0 Å². The average molecular weight is 357 g/mol. The molecule has 2 unspecified atom stereocenters. The second kappa shape index (κ2) is 5.80. The highest BCUT2D eigenvalue weighted by Gasteiger charge is 2.51. The van der Waals surface area contributed by atoms with Gasteiger partial charge in [-0.05, 0) is 71.4 Å². The van der Waals surface area contributed by atoms with E-state index in [0.717, 1.165) is 18.8 Å². The van der Waals surface area contributed by atoms with Crippen LogP contribution < -0.4 is 0 Å². The molecular weight excluding hydrogens is 328 g/mol. The van der Waals surface area contributed by atoms with Gasteiger partial charge in [-0.25, -0.2) is 0 Å². The van der Waals surface area contributed by atoms with Gasteiger partial charge in [-0.2, -0.15) is 0 Å². The van der Waals surface area contributed by atoms with Gasteiger partial charge in [0.25, 0.3) is 0 Å². The van der Waals surface area contributed by atoms with Gasteiger partial charge in [-0.3, -0.25) is 4.79 Å². The summed E-state index contributed by atoms with van der Waals surface area (Å²) in [5, 5.41) is 2.72. The van der Waals surface area contributed by atoms with E-state index in [1.807, 2.05) is 0 Å². The summed E-state index contributed by atoms with van der Waals surface area (Å²) in [4.78, 5) is 12.6. The third-order valence-corrected chi connectivity index (χ3v) is 8.12. The molecule has 0 radical (unpaired) electrons. The third-order valence-electron chi connectivity index (χ3n) is 8.12. The summed E-state index contributed by atoms with van der Waals surface area (Å²) in [6.07, 6.45) is 14.3. The number of ketones is 1. The molecule has 1 nitrogen and oxygen atoms in total. The summed E-state index contributed by atoms with van der Waals surface area (Å²) < 4.78 is 0. The minimum Gasteiger partial charge on any atom is -0.299 e. The summed E-state index contributed by atoms with van der Waals surface area (Å²) in [6.45, 7) is 0. The van der Waals surface area contributed by atoms with E-state index in [4.69, 9.17) is 0 Å². The normalized spacial score (nSPS) is 30.1. The third kappa shape index (κ3) is 2.40. The topological polar surface area (TPSA) is 17.1 Å². The zero-order valence-corrected chi connectivity index (χ0v) is 16.1. The number of benzene rings is 2. The number of Topliss-reactive ketones (excluding diaryl/α,β-unsaturated/α-hetero) is 1. The molecule has 2 aromatic rings. The van der Waals surface area contributed by atoms with Crippen LogP contribution in [0, 0.1) is 5.92 Å². The molecular formula is C26H28O. The first-order chi connectivity index (χ1) is 13.2. The number of allylic oxidation sites excluding steroid dienone is 2. The zero-order chi connectivity index (χ0) is 18.0. The number of hydrogen-bond donors (Lipinski definition) is 0. The maximum absolute atomic E-state index is 12.6. The van der Waals surface area contributed by atoms with Crippen molar-refractivity contribution in [3.8, 4) is 0 Å². The molecule has 0 aromatic heterocycles. The molecule has 138 valence electrons. The lowest BCUT2D eigenvalue weighted by Gasteiger charge is -2.41. The molecule has 2 atom stereocenters. The van der Waals surface area contributed by atoms with Gasteiger partial charge >= 0.3 is 0 Å². The standard InChI is InChI=1S/C26H28O/c27-24-13-22-12-20-8-7-19(18-4-2-1-3-5-18)11-21(20)14-25(22)26(16-24)15-17-6-9-23(26)10-17/h6-8,11-12,14,18,23H,1-5,9-10,13,15-16H2. The monoisotopic (exact) mass is 356 g/mol. The minimum atomic E-state index is 0.115. The molecule has 0 saturated heterocycles. The van der Waals surface area contributed by atoms with Crippen molar-refractivity contribution >= 4 is 16.6 Å². The van der Waals surface area contributed by atoms with Gasteiger partial charge < -0.3 is 0 Å². The Bertz CT molecular complexity index is 975. The molecule has 0 amide bonds. The summed E-state index contributed by atoms with van der Waals surface area (Å²) >= 11 is 0. The quantitative estimate of drug-likeness (QED) is 0.542. The SMILES string of the molecule is O=C1Cc2cc3ccc(C4CCCCC4)cc3cc2C2(C1)CC1=CCC2C1. The fourth-order valence-corrected chi connectivity index (χ4v) is 6.81. The molecule has 6 rings (SSSR count). The van der Waals surface area contributed by atoms with E-state index in [1.165, 1.54) is 66.8 Å². The Balaban J connectivity index is 1.49. The molecule has 2 fully saturated rings. The van der Waals surface area contributed by atoms with Crippen LogP contribution in [0.15, 0.2) is 42.0 Å². The summed E-state index contributed by atoms with van der Waals surface area (Å²) in [5.74, 6) is 1.87. The van der Waals surface area contributed by atoms with E-state index in [2.05, 4.69) is 36.4 Å². The van der Waals surface area contributed by atoms with Crippen molar-refractivity contribution in [2.24, 2.45) is 5.92 Å². The Morgan fingerprint density at radius 1 is 0.926 bits per heavy atom. The Morgan fingerprint density at radius 3 is 2.59 bits per heavy atom. The highest BCUT2D eigenvalue weighted by Crippen LogP contribution is 2.58. The van der Waals surface area contributed by atoms with Crippen LogP contribution in [0.25, 0.3) is 10.8 Å². The molecule has 2 bridgehead atoms. The van der Waals surface area contributed by atoms with Crippen LogP contribution in [-0.4, -0.2) is 5.78 Å². The predicted molar refractivity (Wildman–Crippen MR) is 110 cm³/mol. The molecule has 1 heteroatoms. The maximum Gasteiger partial charge on any atom is 0.138 e. The Kier molecular flexibility index (Phi) is 3.46. The van der Waals surface area contributed by atoms with Gasteiger partial charge in [-0.15, -0.1) is 0 Å². The van der Waals surface area contributed by atoms with Crippen molar-refractivity contribution in [1.82, 2.24) is 0 Å². The van der Waals surface area contributed by atoms with E-state index in [1.54, 1.807) is 11.1 Å². The number of rotatable bonds is 1. The molecule has 1 spiro atoms. The smallest absolute Gasteiger partial charge is 0.138 e. The van der Waals surface area contributed by atoms with Gasteiger partial charge in [0.15, 0.2) is 0 Å². The van der Waals surface area contributed by atoms with E-state index in [9.17, 15) is 4.79 Å². The van der Waals surface area contributed by atoms with E-state index < -0.39 is 0 Å². The van der Waals surface area contributed by atoms with E-state index in [0.29, 0.717) is 18.1 Å². The molecule has 4 aliphatic rings. The molecule has 27 heavy (non-hydrogen) atoms. The number of fused-ring (bicyclic) bond motifs is 6. The lowest BCUT2D eigenvalue weighted by molar-refractivity contribution is -0.120. The summed E-state index contributed by atoms with van der Waals surface area (Å²) in [6, 6.07) is 12.0. The number of hydrogen-bond acceptors (Lipinski definition) is 1. The van der Waals surface area contributed by atoms with Crippen LogP contribution >= 0.6 is 0 Å². The number of carbonyl (C=O) groups excluding carboxylic acids is 1. The average Bonchev–Trinajstić information content (AvgIpc) is 3.28. The first kappa shape index (κ1) is 16.1. The van der Waals surface area contributed by atoms with E-state index in [-0.39, 0.29) is 5.41 Å². The van der Waals surface area contributed by atoms with Gasteiger partial charge in [-0.1, -0.05) is 61.2 Å². The molecule has 0 aliphatic heterocycles. The maximum atomic E-state index is 12.6. The van der Waals surface area contributed by atoms with Crippen molar-refractivity contribution in [1.29, 1.82) is 0 Å². The largest absolute Gasteiger partial charge is 0.299 e. The lowest BCUT2D eigenvalue weighted by Crippen LogP contribution is -2.39. The first-order valence-corrected chi connectivity index (χ1v) is 11.0. The van der Waals surface area contributed by atoms with Crippen molar-refractivity contribution in [3.63, 3.8) is 0 Å². The highest BCUT2D eigenvalue weighted by atomic mass is 16.1. The van der Waals surface area contributed by atoms with Crippen LogP contribution in [-0.2, 0) is 16.6 Å². The molecule has 0 heterocycles. The van der Waals surface area contributed by atoms with Crippen molar-refractivity contribution in [2.45, 2.75) is 75.5 Å². The van der Waals surface area contributed by atoms with Crippen LogP contribution in [0.3, 0.4) is 0 Å². The van der Waals surface area contributed by atoms with Crippen LogP contribution in [0.1, 0.15) is 80.4 Å². The van der Waals surface area contributed by atoms with Crippen molar-refractivity contribution in [3.05, 3.63) is 58.7 Å². The Hall–Kier alpha value is -1.89. The van der Waals surface area contributed by atoms with Crippen LogP contribution in [0.5, 0.6) is 0 Å². The molecule has 2 saturated carbocycles. The van der Waals surface area contributed by atoms with Crippen molar-refractivity contribution in [2.75, 3.05) is 0 Å². The van der Waals surface area contributed by atoms with E-state index >= 15 is 0 Å². The van der Waals surface area contributed by atoms with Gasteiger partial charge in [0.2, 0.25) is 0 Å². The van der Waals surface area contributed by atoms with Crippen LogP contribution in [0.4, 0.5) is 0 Å². The lowest BCUT2D eigenvalue weighted by atomic mass is 9.62. The minimum absolute atomic E-state index is 0.115. The summed E-state index contributed by atoms with van der Waals surface area (Å²) in [5.41, 5.74) is 6.10. The number of carbonyl (C=O) groups is 1. The molecule has 2 aromatic carbocycles. The summed E-state index contributed by atoms with van der Waals surface area (Å²) in [7, 11) is 0. The van der Waals surface area contributed by atoms with Crippen molar-refractivity contribution < 1.29 is 4.79 Å². The predicted octanol–water partition coefficient (Wildman–Crippen LogP) is 6.38. The second-order valence-corrected chi connectivity index (χ2v) is 9.68. The van der Waals surface area contributed by atoms with Gasteiger partial charge in [0, 0.05) is 18.3 Å². The molecule has 4 aliphatic carbocycles. The fraction of sp³-hybridized carbons (Fsp3) is 0.500. The Labute approximate surface area is 161 Å².